The Morgan fingerprint density at radius 3 is 2.68 bits per heavy atom. The smallest absolute Gasteiger partial charge is 0.126 e. The van der Waals surface area contributed by atoms with Crippen LogP contribution in [0, 0.1) is 5.41 Å². The maximum atomic E-state index is 6.04. The van der Waals surface area contributed by atoms with Gasteiger partial charge in [-0.25, -0.2) is 0 Å². The Morgan fingerprint density at radius 2 is 2.16 bits per heavy atom. The van der Waals surface area contributed by atoms with Gasteiger partial charge in [0.2, 0.25) is 0 Å². The maximum absolute atomic E-state index is 6.04. The summed E-state index contributed by atoms with van der Waals surface area (Å²) in [6.45, 7) is 7.68. The lowest BCUT2D eigenvalue weighted by Gasteiger charge is -2.26. The molecule has 2 aromatic heterocycles. The summed E-state index contributed by atoms with van der Waals surface area (Å²) < 4.78 is 6.37. The molecule has 2 rings (SSSR count). The summed E-state index contributed by atoms with van der Waals surface area (Å²) >= 11 is 7.64. The van der Waals surface area contributed by atoms with E-state index in [0.717, 1.165) is 23.1 Å². The third kappa shape index (κ3) is 3.85. The number of nitrogens with one attached hydrogen (secondary N) is 1. The highest BCUT2D eigenvalue weighted by Crippen LogP contribution is 2.32. The van der Waals surface area contributed by atoms with Crippen molar-refractivity contribution in [3.63, 3.8) is 0 Å². The second-order valence-electron chi connectivity index (χ2n) is 5.49. The molecule has 0 saturated heterocycles. The number of furan rings is 1. The predicted molar refractivity (Wildman–Crippen MR) is 82.0 cm³/mol. The first-order valence-corrected chi connectivity index (χ1v) is 7.73. The molecule has 0 saturated carbocycles. The van der Waals surface area contributed by atoms with Gasteiger partial charge in [0.1, 0.15) is 11.8 Å². The topological polar surface area (TPSA) is 25.2 Å². The molecular weight excluding hydrogens is 278 g/mol. The Balaban J connectivity index is 2.16. The molecule has 0 spiro atoms. The molecule has 19 heavy (non-hydrogen) atoms. The van der Waals surface area contributed by atoms with Crippen molar-refractivity contribution in [1.82, 2.24) is 5.32 Å². The second kappa shape index (κ2) is 6.12. The summed E-state index contributed by atoms with van der Waals surface area (Å²) in [5.41, 5.74) is 0.270. The van der Waals surface area contributed by atoms with E-state index in [4.69, 9.17) is 16.0 Å². The Labute approximate surface area is 123 Å². The largest absolute Gasteiger partial charge is 0.467 e. The fraction of sp³-hybridized carbons (Fsp3) is 0.467. The minimum atomic E-state index is 0.0818. The molecule has 0 bridgehead atoms. The molecule has 0 aliphatic heterocycles. The number of hydrogen-bond donors (Lipinski definition) is 1. The van der Waals surface area contributed by atoms with Crippen molar-refractivity contribution in [3.05, 3.63) is 45.5 Å². The fourth-order valence-corrected chi connectivity index (χ4v) is 2.93. The second-order valence-corrected chi connectivity index (χ2v) is 7.24. The fourth-order valence-electron chi connectivity index (χ4n) is 1.78. The molecule has 1 N–H and O–H groups in total. The van der Waals surface area contributed by atoms with Crippen LogP contribution in [0.4, 0.5) is 0 Å². The highest BCUT2D eigenvalue weighted by atomic mass is 35.5. The van der Waals surface area contributed by atoms with Crippen molar-refractivity contribution in [3.8, 4) is 0 Å². The van der Waals surface area contributed by atoms with Crippen LogP contribution in [0.5, 0.6) is 0 Å². The van der Waals surface area contributed by atoms with Gasteiger partial charge in [-0.15, -0.1) is 11.3 Å². The molecule has 0 amide bonds. The Hall–Kier alpha value is -0.770. The average molecular weight is 298 g/mol. The van der Waals surface area contributed by atoms with Crippen LogP contribution >= 0.6 is 22.9 Å². The van der Waals surface area contributed by atoms with E-state index in [1.165, 1.54) is 4.88 Å². The van der Waals surface area contributed by atoms with Gasteiger partial charge in [0.05, 0.1) is 10.6 Å². The van der Waals surface area contributed by atoms with E-state index >= 15 is 0 Å². The lowest BCUT2D eigenvalue weighted by atomic mass is 9.90. The van der Waals surface area contributed by atoms with Gasteiger partial charge in [-0.3, -0.25) is 0 Å². The summed E-state index contributed by atoms with van der Waals surface area (Å²) in [6.07, 6.45) is 2.85. The van der Waals surface area contributed by atoms with Crippen LogP contribution in [0.3, 0.4) is 0 Å². The van der Waals surface area contributed by atoms with Gasteiger partial charge in [0, 0.05) is 11.4 Å². The van der Waals surface area contributed by atoms with Gasteiger partial charge in [-0.2, -0.15) is 0 Å². The molecule has 2 aromatic rings. The van der Waals surface area contributed by atoms with Crippen LogP contribution in [0.15, 0.2) is 34.9 Å². The Morgan fingerprint density at radius 1 is 1.37 bits per heavy atom. The van der Waals surface area contributed by atoms with Crippen LogP contribution in [-0.2, 0) is 0 Å². The number of halogens is 1. The summed E-state index contributed by atoms with van der Waals surface area (Å²) in [5.74, 6) is 0.936. The zero-order valence-corrected chi connectivity index (χ0v) is 13.1. The molecule has 2 nitrogen and oxygen atoms in total. The van der Waals surface area contributed by atoms with Crippen LogP contribution in [-0.4, -0.2) is 6.54 Å². The molecular formula is C15H20ClNOS. The van der Waals surface area contributed by atoms with Crippen molar-refractivity contribution < 1.29 is 4.42 Å². The van der Waals surface area contributed by atoms with Gasteiger partial charge >= 0.3 is 0 Å². The lowest BCUT2D eigenvalue weighted by Crippen LogP contribution is -2.32. The predicted octanol–water partition coefficient (Wildman–Crippen LogP) is 5.11. The number of thiophene rings is 1. The summed E-state index contributed by atoms with van der Waals surface area (Å²) in [4.78, 5) is 1.19. The first-order chi connectivity index (χ1) is 9.02. The molecule has 0 radical (unpaired) electrons. The molecule has 104 valence electrons. The SMILES string of the molecule is CCC(C)(C)CNC(c1ccco1)c1ccc(Cl)s1. The van der Waals surface area contributed by atoms with Gasteiger partial charge in [0.25, 0.3) is 0 Å². The molecule has 0 fully saturated rings. The van der Waals surface area contributed by atoms with Crippen molar-refractivity contribution in [2.24, 2.45) is 5.41 Å². The third-order valence-corrected chi connectivity index (χ3v) is 4.74. The highest BCUT2D eigenvalue weighted by Gasteiger charge is 2.22. The Kier molecular flexibility index (Phi) is 4.71. The van der Waals surface area contributed by atoms with Crippen LogP contribution in [0.25, 0.3) is 0 Å². The van der Waals surface area contributed by atoms with E-state index in [-0.39, 0.29) is 11.5 Å². The van der Waals surface area contributed by atoms with E-state index < -0.39 is 0 Å². The van der Waals surface area contributed by atoms with Gasteiger partial charge in [-0.05, 0) is 36.1 Å². The molecule has 2 heterocycles. The van der Waals surface area contributed by atoms with Crippen molar-refractivity contribution in [1.29, 1.82) is 0 Å². The van der Waals surface area contributed by atoms with Crippen molar-refractivity contribution >= 4 is 22.9 Å². The van der Waals surface area contributed by atoms with Crippen LogP contribution in [0.2, 0.25) is 4.34 Å². The summed E-state index contributed by atoms with van der Waals surface area (Å²) in [7, 11) is 0. The first-order valence-electron chi connectivity index (χ1n) is 6.54. The molecule has 0 aromatic carbocycles. The van der Waals surface area contributed by atoms with E-state index in [0.29, 0.717) is 0 Å². The monoisotopic (exact) mass is 297 g/mol. The van der Waals surface area contributed by atoms with Crippen molar-refractivity contribution in [2.75, 3.05) is 6.54 Å². The molecule has 1 unspecified atom stereocenters. The minimum absolute atomic E-state index is 0.0818. The normalized spacial score (nSPS) is 13.7. The highest BCUT2D eigenvalue weighted by molar-refractivity contribution is 7.16. The molecule has 0 aliphatic carbocycles. The first kappa shape index (κ1) is 14.6. The van der Waals surface area contributed by atoms with E-state index in [1.54, 1.807) is 17.6 Å². The molecule has 1 atom stereocenters. The maximum Gasteiger partial charge on any atom is 0.126 e. The number of rotatable bonds is 6. The zero-order valence-electron chi connectivity index (χ0n) is 11.6. The summed E-state index contributed by atoms with van der Waals surface area (Å²) in [6, 6.07) is 8.00. The van der Waals surface area contributed by atoms with Crippen molar-refractivity contribution in [2.45, 2.75) is 33.2 Å². The van der Waals surface area contributed by atoms with Crippen LogP contribution < -0.4 is 5.32 Å². The van der Waals surface area contributed by atoms with Gasteiger partial charge < -0.3 is 9.73 Å². The zero-order chi connectivity index (χ0) is 13.9. The minimum Gasteiger partial charge on any atom is -0.467 e. The molecule has 0 aliphatic rings. The van der Waals surface area contributed by atoms with Crippen LogP contribution in [0.1, 0.15) is 43.9 Å². The van der Waals surface area contributed by atoms with E-state index in [2.05, 4.69) is 32.2 Å². The molecule has 4 heteroatoms. The quantitative estimate of drug-likeness (QED) is 0.801. The standard InChI is InChI=1S/C15H20ClNOS/c1-4-15(2,3)10-17-14(11-6-5-9-18-11)12-7-8-13(16)19-12/h5-9,14,17H,4,10H2,1-3H3. The van der Waals surface area contributed by atoms with Gasteiger partial charge in [-0.1, -0.05) is 32.4 Å². The van der Waals surface area contributed by atoms with E-state index in [1.807, 2.05) is 18.2 Å². The average Bonchev–Trinajstić information content (AvgIpc) is 3.02. The van der Waals surface area contributed by atoms with Gasteiger partial charge in [0.15, 0.2) is 0 Å². The van der Waals surface area contributed by atoms with E-state index in [9.17, 15) is 0 Å². The Bertz CT molecular complexity index is 504. The third-order valence-electron chi connectivity index (χ3n) is 3.45. The number of hydrogen-bond acceptors (Lipinski definition) is 3. The summed E-state index contributed by atoms with van der Waals surface area (Å²) in [5, 5.41) is 3.60. The lowest BCUT2D eigenvalue weighted by molar-refractivity contribution is 0.309.